The lowest BCUT2D eigenvalue weighted by Crippen LogP contribution is -2.60. The van der Waals surface area contributed by atoms with Crippen LogP contribution in [0.3, 0.4) is 0 Å². The highest BCUT2D eigenvalue weighted by Crippen LogP contribution is 2.33. The predicted octanol–water partition coefficient (Wildman–Crippen LogP) is 2.19. The fourth-order valence-corrected chi connectivity index (χ4v) is 4.47. The Morgan fingerprint density at radius 2 is 2.11 bits per heavy atom. The number of hydrogen-bond acceptors (Lipinski definition) is 5. The Hall–Kier alpha value is -2.12. The Bertz CT molecular complexity index is 771. The molecule has 0 radical (unpaired) electrons. The quantitative estimate of drug-likeness (QED) is 0.892. The molecule has 2 aliphatic rings. The van der Waals surface area contributed by atoms with Gasteiger partial charge in [-0.15, -0.1) is 0 Å². The molecule has 0 aromatic carbocycles. The molecule has 2 fully saturated rings. The molecule has 0 aliphatic carbocycles. The lowest BCUT2D eigenvalue weighted by molar-refractivity contribution is -0.130. The van der Waals surface area contributed by atoms with Crippen molar-refractivity contribution in [2.45, 2.75) is 38.3 Å². The van der Waals surface area contributed by atoms with Gasteiger partial charge in [-0.25, -0.2) is 0 Å². The van der Waals surface area contributed by atoms with E-state index in [0.29, 0.717) is 12.3 Å². The molecule has 2 aliphatic heterocycles. The van der Waals surface area contributed by atoms with Crippen molar-refractivity contribution in [2.24, 2.45) is 0 Å². The minimum Gasteiger partial charge on any atom is -0.458 e. The molecular weight excluding hydrogens is 342 g/mol. The van der Waals surface area contributed by atoms with E-state index >= 15 is 0 Å². The fraction of sp³-hybridized carbons (Fsp3) is 0.600. The van der Waals surface area contributed by atoms with Gasteiger partial charge in [-0.3, -0.25) is 19.7 Å². The van der Waals surface area contributed by atoms with Crippen LogP contribution < -0.4 is 0 Å². The number of carbonyl (C=O) groups excluding carboxylic acids is 1. The highest BCUT2D eigenvalue weighted by molar-refractivity contribution is 5.76. The summed E-state index contributed by atoms with van der Waals surface area (Å²) in [7, 11) is 2.21. The van der Waals surface area contributed by atoms with Crippen LogP contribution in [0.2, 0.25) is 0 Å². The van der Waals surface area contributed by atoms with E-state index in [9.17, 15) is 4.79 Å². The minimum atomic E-state index is 0.0800. The number of likely N-dealkylation sites (tertiary alicyclic amines) is 1. The van der Waals surface area contributed by atoms with Gasteiger partial charge in [0.1, 0.15) is 11.5 Å². The van der Waals surface area contributed by atoms with Crippen LogP contribution in [0.5, 0.6) is 0 Å². The van der Waals surface area contributed by atoms with E-state index in [4.69, 9.17) is 4.42 Å². The molecule has 1 atom stereocenters. The van der Waals surface area contributed by atoms with Crippen molar-refractivity contribution in [3.8, 4) is 11.5 Å². The molecule has 1 N–H and O–H groups in total. The first-order valence-corrected chi connectivity index (χ1v) is 9.89. The lowest BCUT2D eigenvalue weighted by atomic mass is 9.86. The minimum absolute atomic E-state index is 0.0800. The van der Waals surface area contributed by atoms with Gasteiger partial charge in [-0.1, -0.05) is 0 Å². The van der Waals surface area contributed by atoms with Crippen LogP contribution >= 0.6 is 0 Å². The molecule has 1 amide bonds. The summed E-state index contributed by atoms with van der Waals surface area (Å²) in [5, 5.41) is 6.93. The number of carbonyl (C=O) groups is 1. The van der Waals surface area contributed by atoms with E-state index in [1.54, 1.807) is 6.20 Å². The summed E-state index contributed by atoms with van der Waals surface area (Å²) < 4.78 is 6.02. The molecule has 4 heterocycles. The first-order chi connectivity index (χ1) is 13.1. The summed E-state index contributed by atoms with van der Waals surface area (Å²) in [6, 6.07) is 5.96. The highest BCUT2D eigenvalue weighted by Gasteiger charge is 2.42. The maximum absolute atomic E-state index is 12.3. The molecule has 7 nitrogen and oxygen atoms in total. The predicted molar refractivity (Wildman–Crippen MR) is 103 cm³/mol. The number of hydrogen-bond donors (Lipinski definition) is 1. The number of amides is 1. The zero-order valence-corrected chi connectivity index (χ0v) is 16.3. The zero-order chi connectivity index (χ0) is 18.9. The fourth-order valence-electron chi connectivity index (χ4n) is 4.47. The molecule has 146 valence electrons. The Kier molecular flexibility index (Phi) is 5.06. The molecule has 1 spiro atoms. The summed E-state index contributed by atoms with van der Waals surface area (Å²) in [4.78, 5) is 19.3. The van der Waals surface area contributed by atoms with E-state index in [1.165, 1.54) is 0 Å². The summed E-state index contributed by atoms with van der Waals surface area (Å²) in [5.74, 6) is 2.10. The van der Waals surface area contributed by atoms with Gasteiger partial charge in [0, 0.05) is 50.9 Å². The van der Waals surface area contributed by atoms with Crippen molar-refractivity contribution in [2.75, 3.05) is 39.8 Å². The third-order valence-electron chi connectivity index (χ3n) is 6.27. The summed E-state index contributed by atoms with van der Waals surface area (Å²) >= 11 is 0. The number of aromatic nitrogens is 2. The summed E-state index contributed by atoms with van der Waals surface area (Å²) in [6.07, 6.45) is 4.36. The van der Waals surface area contributed by atoms with Crippen LogP contribution in [0.1, 0.15) is 31.9 Å². The van der Waals surface area contributed by atoms with E-state index in [-0.39, 0.29) is 5.54 Å². The number of furan rings is 1. The van der Waals surface area contributed by atoms with E-state index in [0.717, 1.165) is 69.3 Å². The standard InChI is InChI=1S/C20H29N5O2/c1-3-25-11-9-20(8-6-19(25)26)15-24(13-12-23(20)2)14-16-4-5-18(27-16)17-7-10-21-22-17/h4-5,7,10H,3,6,8-9,11-15H2,1-2H3,(H,21,22)/t20-/m0/s1. The highest BCUT2D eigenvalue weighted by atomic mass is 16.3. The van der Waals surface area contributed by atoms with Gasteiger partial charge in [-0.2, -0.15) is 5.10 Å². The second-order valence-corrected chi connectivity index (χ2v) is 7.82. The van der Waals surface area contributed by atoms with Crippen LogP contribution in [0.4, 0.5) is 0 Å². The third-order valence-corrected chi connectivity index (χ3v) is 6.27. The van der Waals surface area contributed by atoms with Crippen molar-refractivity contribution in [3.63, 3.8) is 0 Å². The molecule has 27 heavy (non-hydrogen) atoms. The molecule has 0 bridgehead atoms. The molecule has 0 unspecified atom stereocenters. The average Bonchev–Trinajstić information content (AvgIpc) is 3.32. The van der Waals surface area contributed by atoms with Gasteiger partial charge in [0.05, 0.1) is 6.54 Å². The van der Waals surface area contributed by atoms with Crippen LogP contribution in [0, 0.1) is 0 Å². The molecule has 2 aromatic heterocycles. The van der Waals surface area contributed by atoms with E-state index < -0.39 is 0 Å². The molecule has 4 rings (SSSR count). The SMILES string of the molecule is CCN1CC[C@@]2(CCC1=O)CN(Cc1ccc(-c3ccn[nH]3)o1)CCN2C. The van der Waals surface area contributed by atoms with Crippen LogP contribution in [-0.2, 0) is 11.3 Å². The number of H-pyrrole nitrogens is 1. The van der Waals surface area contributed by atoms with E-state index in [1.807, 2.05) is 17.0 Å². The first-order valence-electron chi connectivity index (χ1n) is 9.89. The Balaban J connectivity index is 1.45. The average molecular weight is 371 g/mol. The van der Waals surface area contributed by atoms with Crippen LogP contribution in [0.15, 0.2) is 28.8 Å². The Morgan fingerprint density at radius 3 is 2.89 bits per heavy atom. The molecule has 7 heteroatoms. The number of piperazine rings is 1. The number of aromatic amines is 1. The molecule has 2 aromatic rings. The summed E-state index contributed by atoms with van der Waals surface area (Å²) in [5.41, 5.74) is 0.981. The van der Waals surface area contributed by atoms with Crippen molar-refractivity contribution >= 4 is 5.91 Å². The number of nitrogens with one attached hydrogen (secondary N) is 1. The summed E-state index contributed by atoms with van der Waals surface area (Å²) in [6.45, 7) is 7.56. The molecule has 0 saturated carbocycles. The largest absolute Gasteiger partial charge is 0.458 e. The van der Waals surface area contributed by atoms with Gasteiger partial charge < -0.3 is 9.32 Å². The van der Waals surface area contributed by atoms with Gasteiger partial charge in [-0.05, 0) is 45.0 Å². The van der Waals surface area contributed by atoms with Crippen molar-refractivity contribution in [1.82, 2.24) is 24.9 Å². The van der Waals surface area contributed by atoms with Crippen LogP contribution in [0.25, 0.3) is 11.5 Å². The second kappa shape index (κ2) is 7.48. The van der Waals surface area contributed by atoms with E-state index in [2.05, 4.69) is 40.0 Å². The number of likely N-dealkylation sites (N-methyl/N-ethyl adjacent to an activating group) is 1. The molecule has 2 saturated heterocycles. The van der Waals surface area contributed by atoms with Crippen LogP contribution in [-0.4, -0.2) is 76.1 Å². The van der Waals surface area contributed by atoms with Gasteiger partial charge in [0.15, 0.2) is 5.76 Å². The maximum atomic E-state index is 12.3. The Morgan fingerprint density at radius 1 is 1.22 bits per heavy atom. The monoisotopic (exact) mass is 371 g/mol. The lowest BCUT2D eigenvalue weighted by Gasteiger charge is -2.49. The first kappa shape index (κ1) is 18.3. The van der Waals surface area contributed by atoms with Gasteiger partial charge >= 0.3 is 0 Å². The third kappa shape index (κ3) is 3.66. The zero-order valence-electron chi connectivity index (χ0n) is 16.3. The van der Waals surface area contributed by atoms with Crippen molar-refractivity contribution in [1.29, 1.82) is 0 Å². The Labute approximate surface area is 160 Å². The van der Waals surface area contributed by atoms with Gasteiger partial charge in [0.2, 0.25) is 5.91 Å². The normalized spacial score (nSPS) is 25.3. The smallest absolute Gasteiger partial charge is 0.222 e. The topological polar surface area (TPSA) is 68.6 Å². The second-order valence-electron chi connectivity index (χ2n) is 7.82. The van der Waals surface area contributed by atoms with Gasteiger partial charge in [0.25, 0.3) is 0 Å². The maximum Gasteiger partial charge on any atom is 0.222 e. The number of nitrogens with zero attached hydrogens (tertiary/aromatic N) is 4. The number of rotatable bonds is 4. The van der Waals surface area contributed by atoms with Crippen molar-refractivity contribution in [3.05, 3.63) is 30.2 Å². The van der Waals surface area contributed by atoms with Crippen molar-refractivity contribution < 1.29 is 9.21 Å². The molecular formula is C20H29N5O2.